The Hall–Kier alpha value is -1.08. The Morgan fingerprint density at radius 1 is 1.33 bits per heavy atom. The first kappa shape index (κ1) is 16.3. The van der Waals surface area contributed by atoms with Gasteiger partial charge in [-0.25, -0.2) is 0 Å². The number of aliphatic hydroxyl groups is 1. The third-order valence-corrected chi connectivity index (χ3v) is 4.37. The fraction of sp³-hybridized carbons (Fsp3) is 0.500. The lowest BCUT2D eigenvalue weighted by Gasteiger charge is -2.31. The van der Waals surface area contributed by atoms with Gasteiger partial charge in [-0.15, -0.1) is 0 Å². The van der Waals surface area contributed by atoms with Gasteiger partial charge in [-0.2, -0.15) is 13.2 Å². The van der Waals surface area contributed by atoms with E-state index in [1.807, 2.05) is 0 Å². The number of aliphatic hydroxyl groups excluding tert-OH is 1. The highest BCUT2D eigenvalue weighted by atomic mass is 79.9. The minimum atomic E-state index is -4.50. The lowest BCUT2D eigenvalue weighted by atomic mass is 9.97. The van der Waals surface area contributed by atoms with Crippen LogP contribution in [0.4, 0.5) is 13.2 Å². The smallest absolute Gasteiger partial charge is 0.396 e. The summed E-state index contributed by atoms with van der Waals surface area (Å²) in [5, 5.41) is 9.06. The molecule has 1 aromatic carbocycles. The van der Waals surface area contributed by atoms with Crippen LogP contribution in [0.2, 0.25) is 0 Å². The van der Waals surface area contributed by atoms with E-state index in [-0.39, 0.29) is 22.6 Å². The van der Waals surface area contributed by atoms with Gasteiger partial charge in [-0.1, -0.05) is 15.9 Å². The Morgan fingerprint density at radius 2 is 1.95 bits per heavy atom. The fourth-order valence-corrected chi connectivity index (χ4v) is 2.85. The molecule has 3 nitrogen and oxygen atoms in total. The maximum Gasteiger partial charge on any atom is 0.417 e. The summed E-state index contributed by atoms with van der Waals surface area (Å²) in [4.78, 5) is 13.8. The third kappa shape index (κ3) is 3.77. The molecule has 0 unspecified atom stereocenters. The number of hydrogen-bond acceptors (Lipinski definition) is 2. The van der Waals surface area contributed by atoms with E-state index in [1.54, 1.807) is 0 Å². The van der Waals surface area contributed by atoms with Gasteiger partial charge in [0.25, 0.3) is 5.91 Å². The molecule has 1 aromatic rings. The number of alkyl halides is 3. The summed E-state index contributed by atoms with van der Waals surface area (Å²) in [5.74, 6) is -0.228. The van der Waals surface area contributed by atoms with Gasteiger partial charge in [0.1, 0.15) is 0 Å². The fourth-order valence-electron chi connectivity index (χ4n) is 2.38. The van der Waals surface area contributed by atoms with E-state index in [1.165, 1.54) is 17.0 Å². The van der Waals surface area contributed by atoms with Gasteiger partial charge in [0.15, 0.2) is 0 Å². The third-order valence-electron chi connectivity index (χ3n) is 3.68. The Balaban J connectivity index is 2.17. The molecule has 0 aliphatic carbocycles. The maximum absolute atomic E-state index is 12.8. The monoisotopic (exact) mass is 365 g/mol. The molecule has 0 spiro atoms. The van der Waals surface area contributed by atoms with Crippen LogP contribution in [-0.2, 0) is 6.18 Å². The van der Waals surface area contributed by atoms with Crippen molar-refractivity contribution in [2.24, 2.45) is 5.92 Å². The summed E-state index contributed by atoms with van der Waals surface area (Å²) >= 11 is 2.86. The molecule has 1 aliphatic rings. The average molecular weight is 366 g/mol. The highest BCUT2D eigenvalue weighted by Gasteiger charge is 2.34. The van der Waals surface area contributed by atoms with E-state index in [0.717, 1.165) is 6.07 Å². The predicted molar refractivity (Wildman–Crippen MR) is 74.9 cm³/mol. The molecule has 0 saturated carbocycles. The van der Waals surface area contributed by atoms with Crippen molar-refractivity contribution in [3.8, 4) is 0 Å². The Morgan fingerprint density at radius 3 is 2.48 bits per heavy atom. The first-order chi connectivity index (χ1) is 9.82. The molecule has 116 valence electrons. The number of likely N-dealkylation sites (tertiary alicyclic amines) is 1. The molecule has 0 atom stereocenters. The molecular weight excluding hydrogens is 351 g/mol. The normalized spacial score (nSPS) is 17.1. The molecular formula is C14H15BrF3NO2. The van der Waals surface area contributed by atoms with E-state index in [2.05, 4.69) is 15.9 Å². The van der Waals surface area contributed by atoms with Crippen LogP contribution in [0.15, 0.2) is 22.7 Å². The van der Waals surface area contributed by atoms with Gasteiger partial charge >= 0.3 is 6.18 Å². The molecule has 1 heterocycles. The molecule has 1 fully saturated rings. The van der Waals surface area contributed by atoms with Crippen LogP contribution in [0.25, 0.3) is 0 Å². The van der Waals surface area contributed by atoms with Crippen molar-refractivity contribution in [1.82, 2.24) is 4.90 Å². The molecule has 0 radical (unpaired) electrons. The second-order valence-electron chi connectivity index (χ2n) is 5.11. The topological polar surface area (TPSA) is 40.5 Å². The number of amides is 1. The van der Waals surface area contributed by atoms with Crippen LogP contribution in [0.3, 0.4) is 0 Å². The van der Waals surface area contributed by atoms with E-state index in [0.29, 0.717) is 25.9 Å². The van der Waals surface area contributed by atoms with Crippen LogP contribution in [-0.4, -0.2) is 35.6 Å². The van der Waals surface area contributed by atoms with E-state index in [4.69, 9.17) is 5.11 Å². The highest BCUT2D eigenvalue weighted by molar-refractivity contribution is 9.10. The lowest BCUT2D eigenvalue weighted by molar-refractivity contribution is -0.138. The summed E-state index contributed by atoms with van der Waals surface area (Å²) < 4.78 is 38.5. The average Bonchev–Trinajstić information content (AvgIpc) is 2.46. The molecule has 21 heavy (non-hydrogen) atoms. The number of halogens is 4. The number of carbonyl (C=O) groups is 1. The van der Waals surface area contributed by atoms with Crippen LogP contribution < -0.4 is 0 Å². The Kier molecular flexibility index (Phi) is 4.93. The van der Waals surface area contributed by atoms with Gasteiger partial charge in [0.05, 0.1) is 5.56 Å². The van der Waals surface area contributed by atoms with Crippen molar-refractivity contribution < 1.29 is 23.1 Å². The molecule has 2 rings (SSSR count). The molecule has 7 heteroatoms. The zero-order valence-corrected chi connectivity index (χ0v) is 12.7. The van der Waals surface area contributed by atoms with Crippen molar-refractivity contribution >= 4 is 21.8 Å². The summed E-state index contributed by atoms with van der Waals surface area (Å²) in [5.41, 5.74) is -0.813. The quantitative estimate of drug-likeness (QED) is 0.873. The van der Waals surface area contributed by atoms with Crippen molar-refractivity contribution in [3.05, 3.63) is 33.8 Å². The van der Waals surface area contributed by atoms with E-state index in [9.17, 15) is 18.0 Å². The molecule has 1 amide bonds. The minimum absolute atomic E-state index is 0.0352. The number of carbonyl (C=O) groups excluding carboxylic acids is 1. The molecule has 1 aliphatic heterocycles. The lowest BCUT2D eigenvalue weighted by Crippen LogP contribution is -2.39. The van der Waals surface area contributed by atoms with Crippen LogP contribution in [0.5, 0.6) is 0 Å². The van der Waals surface area contributed by atoms with Gasteiger partial charge in [-0.3, -0.25) is 4.79 Å². The minimum Gasteiger partial charge on any atom is -0.396 e. The first-order valence-corrected chi connectivity index (χ1v) is 7.39. The first-order valence-electron chi connectivity index (χ1n) is 6.60. The number of piperidine rings is 1. The summed E-state index contributed by atoms with van der Waals surface area (Å²) in [6.45, 7) is 1.00. The number of benzene rings is 1. The van der Waals surface area contributed by atoms with E-state index < -0.39 is 17.6 Å². The second-order valence-corrected chi connectivity index (χ2v) is 5.96. The van der Waals surface area contributed by atoms with Crippen LogP contribution in [0.1, 0.15) is 28.8 Å². The largest absolute Gasteiger partial charge is 0.417 e. The highest BCUT2D eigenvalue weighted by Crippen LogP contribution is 2.35. The van der Waals surface area contributed by atoms with Crippen LogP contribution >= 0.6 is 15.9 Å². The molecule has 0 bridgehead atoms. The van der Waals surface area contributed by atoms with Crippen molar-refractivity contribution in [2.45, 2.75) is 19.0 Å². The van der Waals surface area contributed by atoms with Gasteiger partial charge < -0.3 is 10.0 Å². The van der Waals surface area contributed by atoms with Crippen molar-refractivity contribution in [3.63, 3.8) is 0 Å². The Bertz CT molecular complexity index is 525. The second kappa shape index (κ2) is 6.36. The SMILES string of the molecule is O=C(c1ccc(Br)c(C(F)(F)F)c1)N1CCC(CO)CC1. The summed E-state index contributed by atoms with van der Waals surface area (Å²) in [6.07, 6.45) is -3.16. The van der Waals surface area contributed by atoms with Crippen molar-refractivity contribution in [2.75, 3.05) is 19.7 Å². The van der Waals surface area contributed by atoms with Crippen LogP contribution in [0, 0.1) is 5.92 Å². The number of rotatable bonds is 2. The maximum atomic E-state index is 12.8. The number of hydrogen-bond donors (Lipinski definition) is 1. The zero-order chi connectivity index (χ0) is 15.6. The molecule has 1 N–H and O–H groups in total. The summed E-state index contributed by atoms with van der Waals surface area (Å²) in [7, 11) is 0. The van der Waals surface area contributed by atoms with E-state index >= 15 is 0 Å². The number of nitrogens with zero attached hydrogens (tertiary/aromatic N) is 1. The van der Waals surface area contributed by atoms with Crippen molar-refractivity contribution in [1.29, 1.82) is 0 Å². The van der Waals surface area contributed by atoms with Gasteiger partial charge in [0, 0.05) is 29.7 Å². The van der Waals surface area contributed by atoms with Gasteiger partial charge in [-0.05, 0) is 37.0 Å². The Labute approximate surface area is 128 Å². The zero-order valence-electron chi connectivity index (χ0n) is 11.2. The predicted octanol–water partition coefficient (Wildman–Crippen LogP) is 3.31. The standard InChI is InChI=1S/C14H15BrF3NO2/c15-12-2-1-10(7-11(12)14(16,17)18)13(21)19-5-3-9(8-20)4-6-19/h1-2,7,9,20H,3-6,8H2. The molecule has 1 saturated heterocycles. The van der Waals surface area contributed by atoms with Gasteiger partial charge in [0.2, 0.25) is 0 Å². The molecule has 0 aromatic heterocycles. The summed E-state index contributed by atoms with van der Waals surface area (Å²) in [6, 6.07) is 3.51.